The highest BCUT2D eigenvalue weighted by molar-refractivity contribution is 6.09. The highest BCUT2D eigenvalue weighted by Crippen LogP contribution is 2.27. The first-order valence-electron chi connectivity index (χ1n) is 5.35. The standard InChI is InChI=1S/C12H14O4/c1-7-6-9-10(16-7)5-3-4-8(11(9)13)12(14)15-2/h6,8H,3-5H2,1-2H3. The summed E-state index contributed by atoms with van der Waals surface area (Å²) in [4.78, 5) is 23.6. The van der Waals surface area contributed by atoms with Gasteiger partial charge < -0.3 is 9.15 Å². The molecule has 0 amide bonds. The SMILES string of the molecule is COC(=O)C1CCCc2oc(C)cc2C1=O. The van der Waals surface area contributed by atoms with Crippen molar-refractivity contribution >= 4 is 11.8 Å². The lowest BCUT2D eigenvalue weighted by Crippen LogP contribution is -2.24. The Morgan fingerprint density at radius 3 is 3.00 bits per heavy atom. The number of esters is 1. The van der Waals surface area contributed by atoms with Gasteiger partial charge in [-0.25, -0.2) is 0 Å². The van der Waals surface area contributed by atoms with E-state index in [0.717, 1.165) is 6.42 Å². The summed E-state index contributed by atoms with van der Waals surface area (Å²) in [5.74, 6) is 0.133. The van der Waals surface area contributed by atoms with Crippen LogP contribution in [0, 0.1) is 12.8 Å². The molecule has 2 rings (SSSR count). The second-order valence-corrected chi connectivity index (χ2v) is 4.03. The summed E-state index contributed by atoms with van der Waals surface area (Å²) in [6, 6.07) is 1.71. The minimum absolute atomic E-state index is 0.170. The zero-order chi connectivity index (χ0) is 11.7. The average Bonchev–Trinajstić information content (AvgIpc) is 2.57. The van der Waals surface area contributed by atoms with E-state index in [0.29, 0.717) is 29.9 Å². The number of furan rings is 1. The molecule has 4 heteroatoms. The number of aryl methyl sites for hydroxylation is 2. The van der Waals surface area contributed by atoms with Gasteiger partial charge in [0, 0.05) is 6.42 Å². The molecule has 0 fully saturated rings. The lowest BCUT2D eigenvalue weighted by molar-refractivity contribution is -0.143. The number of ketones is 1. The number of Topliss-reactive ketones (excluding diaryl/α,β-unsaturated/α-hetero) is 1. The second kappa shape index (κ2) is 4.12. The molecule has 0 aromatic carbocycles. The van der Waals surface area contributed by atoms with Crippen LogP contribution in [0.2, 0.25) is 0 Å². The molecule has 1 unspecified atom stereocenters. The fraction of sp³-hybridized carbons (Fsp3) is 0.500. The smallest absolute Gasteiger partial charge is 0.316 e. The molecule has 1 atom stereocenters. The van der Waals surface area contributed by atoms with Crippen LogP contribution in [-0.4, -0.2) is 18.9 Å². The van der Waals surface area contributed by atoms with Crippen LogP contribution >= 0.6 is 0 Å². The zero-order valence-corrected chi connectivity index (χ0v) is 9.41. The monoisotopic (exact) mass is 222 g/mol. The molecule has 0 saturated carbocycles. The molecule has 1 aliphatic rings. The van der Waals surface area contributed by atoms with Gasteiger partial charge in [0.2, 0.25) is 0 Å². The van der Waals surface area contributed by atoms with Crippen molar-refractivity contribution in [1.29, 1.82) is 0 Å². The van der Waals surface area contributed by atoms with Crippen LogP contribution in [-0.2, 0) is 16.0 Å². The van der Waals surface area contributed by atoms with Crippen LogP contribution in [0.1, 0.15) is 34.7 Å². The van der Waals surface area contributed by atoms with Gasteiger partial charge in [0.25, 0.3) is 0 Å². The van der Waals surface area contributed by atoms with Gasteiger partial charge in [-0.05, 0) is 25.8 Å². The van der Waals surface area contributed by atoms with Crippen molar-refractivity contribution in [3.8, 4) is 0 Å². The summed E-state index contributed by atoms with van der Waals surface area (Å²) in [6.07, 6.45) is 2.02. The van der Waals surface area contributed by atoms with E-state index in [1.54, 1.807) is 13.0 Å². The van der Waals surface area contributed by atoms with Gasteiger partial charge in [0.05, 0.1) is 12.7 Å². The van der Waals surface area contributed by atoms with E-state index in [1.165, 1.54) is 7.11 Å². The van der Waals surface area contributed by atoms with Crippen LogP contribution in [0.3, 0.4) is 0 Å². The third-order valence-corrected chi connectivity index (χ3v) is 2.90. The van der Waals surface area contributed by atoms with Crippen LogP contribution in [0.25, 0.3) is 0 Å². The number of carbonyl (C=O) groups excluding carboxylic acids is 2. The molecule has 1 aliphatic carbocycles. The van der Waals surface area contributed by atoms with Gasteiger partial charge in [0.1, 0.15) is 17.4 Å². The minimum Gasteiger partial charge on any atom is -0.468 e. The Kier molecular flexibility index (Phi) is 2.81. The third kappa shape index (κ3) is 1.75. The second-order valence-electron chi connectivity index (χ2n) is 4.03. The number of hydrogen-bond acceptors (Lipinski definition) is 4. The Balaban J connectivity index is 2.36. The van der Waals surface area contributed by atoms with Gasteiger partial charge in [-0.15, -0.1) is 0 Å². The van der Waals surface area contributed by atoms with Crippen LogP contribution in [0.5, 0.6) is 0 Å². The number of carbonyl (C=O) groups is 2. The van der Waals surface area contributed by atoms with Crippen LogP contribution < -0.4 is 0 Å². The van der Waals surface area contributed by atoms with E-state index in [2.05, 4.69) is 4.74 Å². The van der Waals surface area contributed by atoms with Crippen molar-refractivity contribution < 1.29 is 18.7 Å². The molecule has 4 nitrogen and oxygen atoms in total. The van der Waals surface area contributed by atoms with Crippen molar-refractivity contribution in [3.63, 3.8) is 0 Å². The summed E-state index contributed by atoms with van der Waals surface area (Å²) in [5, 5.41) is 0. The first-order chi connectivity index (χ1) is 7.63. The molecular formula is C12H14O4. The number of rotatable bonds is 1. The lowest BCUT2D eigenvalue weighted by Gasteiger charge is -2.09. The first-order valence-corrected chi connectivity index (χ1v) is 5.35. The molecule has 16 heavy (non-hydrogen) atoms. The van der Waals surface area contributed by atoms with E-state index in [-0.39, 0.29) is 5.78 Å². The van der Waals surface area contributed by atoms with Crippen molar-refractivity contribution in [2.75, 3.05) is 7.11 Å². The maximum absolute atomic E-state index is 12.1. The Morgan fingerprint density at radius 2 is 2.31 bits per heavy atom. The van der Waals surface area contributed by atoms with Crippen molar-refractivity contribution in [2.45, 2.75) is 26.2 Å². The molecule has 0 spiro atoms. The van der Waals surface area contributed by atoms with E-state index in [1.807, 2.05) is 0 Å². The molecule has 0 saturated heterocycles. The average molecular weight is 222 g/mol. The van der Waals surface area contributed by atoms with Gasteiger partial charge in [0.15, 0.2) is 5.78 Å². The summed E-state index contributed by atoms with van der Waals surface area (Å²) in [5.41, 5.74) is 0.547. The quantitative estimate of drug-likeness (QED) is 0.413. The number of ether oxygens (including phenoxy) is 1. The molecule has 86 valence electrons. The maximum atomic E-state index is 12.1. The van der Waals surface area contributed by atoms with Gasteiger partial charge in [-0.3, -0.25) is 9.59 Å². The summed E-state index contributed by atoms with van der Waals surface area (Å²) in [7, 11) is 1.31. The predicted octanol–water partition coefficient (Wildman–Crippen LogP) is 1.90. The lowest BCUT2D eigenvalue weighted by atomic mass is 9.97. The Hall–Kier alpha value is -1.58. The fourth-order valence-corrected chi connectivity index (χ4v) is 2.11. The molecule has 1 aromatic rings. The van der Waals surface area contributed by atoms with E-state index in [9.17, 15) is 9.59 Å². The van der Waals surface area contributed by atoms with Gasteiger partial charge in [-0.2, -0.15) is 0 Å². The first kappa shape index (κ1) is 10.9. The number of methoxy groups -OCH3 is 1. The van der Waals surface area contributed by atoms with Gasteiger partial charge in [-0.1, -0.05) is 0 Å². The van der Waals surface area contributed by atoms with Crippen molar-refractivity contribution in [2.24, 2.45) is 5.92 Å². The molecule has 0 aliphatic heterocycles. The molecular weight excluding hydrogens is 208 g/mol. The van der Waals surface area contributed by atoms with E-state index in [4.69, 9.17) is 4.42 Å². The zero-order valence-electron chi connectivity index (χ0n) is 9.41. The maximum Gasteiger partial charge on any atom is 0.316 e. The van der Waals surface area contributed by atoms with E-state index < -0.39 is 11.9 Å². The molecule has 1 heterocycles. The Bertz CT molecular complexity index is 430. The molecule has 0 N–H and O–H groups in total. The minimum atomic E-state index is -0.664. The Morgan fingerprint density at radius 1 is 1.56 bits per heavy atom. The fourth-order valence-electron chi connectivity index (χ4n) is 2.11. The normalized spacial score (nSPS) is 20.1. The van der Waals surface area contributed by atoms with Crippen molar-refractivity contribution in [1.82, 2.24) is 0 Å². The van der Waals surface area contributed by atoms with Gasteiger partial charge >= 0.3 is 5.97 Å². The molecule has 1 aromatic heterocycles. The summed E-state index contributed by atoms with van der Waals surface area (Å²) < 4.78 is 10.1. The van der Waals surface area contributed by atoms with E-state index >= 15 is 0 Å². The third-order valence-electron chi connectivity index (χ3n) is 2.90. The summed E-state index contributed by atoms with van der Waals surface area (Å²) >= 11 is 0. The highest BCUT2D eigenvalue weighted by atomic mass is 16.5. The Labute approximate surface area is 93.6 Å². The largest absolute Gasteiger partial charge is 0.468 e. The number of fused-ring (bicyclic) bond motifs is 1. The predicted molar refractivity (Wildman–Crippen MR) is 56.2 cm³/mol. The summed E-state index contributed by atoms with van der Waals surface area (Å²) in [6.45, 7) is 1.80. The van der Waals surface area contributed by atoms with Crippen LogP contribution in [0.15, 0.2) is 10.5 Å². The molecule has 0 radical (unpaired) electrons. The van der Waals surface area contributed by atoms with Crippen LogP contribution in [0.4, 0.5) is 0 Å². The molecule has 0 bridgehead atoms. The number of hydrogen-bond donors (Lipinski definition) is 0. The highest BCUT2D eigenvalue weighted by Gasteiger charge is 2.33. The van der Waals surface area contributed by atoms with Crippen molar-refractivity contribution in [3.05, 3.63) is 23.2 Å². The topological polar surface area (TPSA) is 56.5 Å².